The zero-order valence-corrected chi connectivity index (χ0v) is 14.9. The molecule has 0 spiro atoms. The molecule has 0 aromatic heterocycles. The summed E-state index contributed by atoms with van der Waals surface area (Å²) in [4.78, 5) is 25.4. The lowest BCUT2D eigenvalue weighted by atomic mass is 9.95. The molecular weight excluding hydrogens is 339 g/mol. The first-order chi connectivity index (χ1) is 12.5. The van der Waals surface area contributed by atoms with Gasteiger partial charge < -0.3 is 14.7 Å². The van der Waals surface area contributed by atoms with Crippen LogP contribution in [0.5, 0.6) is 0 Å². The van der Waals surface area contributed by atoms with Gasteiger partial charge in [-0.25, -0.2) is 9.18 Å². The second-order valence-electron chi connectivity index (χ2n) is 7.07. The number of nitrogens with zero attached hydrogens (tertiary/aromatic N) is 1. The number of halogens is 1. The van der Waals surface area contributed by atoms with Gasteiger partial charge >= 0.3 is 6.09 Å². The number of hydrogen-bond donors (Lipinski definition) is 2. The fourth-order valence-corrected chi connectivity index (χ4v) is 3.53. The van der Waals surface area contributed by atoms with Crippen LogP contribution in [0.15, 0.2) is 18.2 Å². The normalized spacial score (nSPS) is 21.4. The Labute approximate surface area is 152 Å². The number of aliphatic hydroxyl groups excluding tert-OH is 1. The van der Waals surface area contributed by atoms with Gasteiger partial charge in [0.25, 0.3) is 0 Å². The molecule has 2 aliphatic rings. The minimum atomic E-state index is -0.831. The average Bonchev–Trinajstić information content (AvgIpc) is 3.44. The number of hydrogen-bond acceptors (Lipinski definition) is 4. The molecule has 1 aliphatic carbocycles. The van der Waals surface area contributed by atoms with E-state index in [1.807, 2.05) is 0 Å². The fourth-order valence-electron chi connectivity index (χ4n) is 3.53. The third kappa shape index (κ3) is 4.33. The van der Waals surface area contributed by atoms with Crippen molar-refractivity contribution in [1.29, 1.82) is 0 Å². The van der Waals surface area contributed by atoms with Crippen LogP contribution in [0, 0.1) is 11.7 Å². The molecule has 6 nitrogen and oxygen atoms in total. The van der Waals surface area contributed by atoms with Crippen LogP contribution in [-0.2, 0) is 9.53 Å². The molecule has 1 heterocycles. The summed E-state index contributed by atoms with van der Waals surface area (Å²) in [7, 11) is 1.21. The van der Waals surface area contributed by atoms with Gasteiger partial charge in [-0.1, -0.05) is 18.9 Å². The maximum atomic E-state index is 14.0. The van der Waals surface area contributed by atoms with Crippen molar-refractivity contribution >= 4 is 17.7 Å². The van der Waals surface area contributed by atoms with E-state index in [4.69, 9.17) is 0 Å². The van der Waals surface area contributed by atoms with Crippen molar-refractivity contribution < 1.29 is 23.8 Å². The second kappa shape index (κ2) is 8.03. The van der Waals surface area contributed by atoms with Crippen LogP contribution in [0.1, 0.15) is 56.6 Å². The Balaban J connectivity index is 1.88. The first-order valence-corrected chi connectivity index (χ1v) is 9.13. The van der Waals surface area contributed by atoms with E-state index in [0.29, 0.717) is 37.2 Å². The van der Waals surface area contributed by atoms with Gasteiger partial charge in [0.05, 0.1) is 18.8 Å². The summed E-state index contributed by atoms with van der Waals surface area (Å²) < 4.78 is 18.6. The highest BCUT2D eigenvalue weighted by Gasteiger charge is 2.35. The van der Waals surface area contributed by atoms with E-state index in [1.165, 1.54) is 37.0 Å². The van der Waals surface area contributed by atoms with Gasteiger partial charge in [-0.05, 0) is 49.3 Å². The number of rotatable bonds is 6. The molecule has 2 fully saturated rings. The molecule has 1 aromatic carbocycles. The van der Waals surface area contributed by atoms with E-state index in [1.54, 1.807) is 6.07 Å². The van der Waals surface area contributed by atoms with E-state index in [0.717, 1.165) is 6.42 Å². The summed E-state index contributed by atoms with van der Waals surface area (Å²) in [6, 6.07) is 4.07. The first kappa shape index (κ1) is 18.6. The highest BCUT2D eigenvalue weighted by atomic mass is 19.1. The van der Waals surface area contributed by atoms with E-state index in [2.05, 4.69) is 10.1 Å². The van der Waals surface area contributed by atoms with Crippen LogP contribution in [0.25, 0.3) is 0 Å². The Morgan fingerprint density at radius 1 is 1.42 bits per heavy atom. The molecule has 1 aromatic rings. The van der Waals surface area contributed by atoms with Gasteiger partial charge in [0.1, 0.15) is 12.0 Å². The minimum Gasteiger partial charge on any atom is -0.453 e. The largest absolute Gasteiger partial charge is 0.453 e. The quantitative estimate of drug-likeness (QED) is 0.809. The lowest BCUT2D eigenvalue weighted by Crippen LogP contribution is -2.45. The minimum absolute atomic E-state index is 0.00437. The molecule has 26 heavy (non-hydrogen) atoms. The monoisotopic (exact) mass is 364 g/mol. The lowest BCUT2D eigenvalue weighted by Gasteiger charge is -2.39. The van der Waals surface area contributed by atoms with Crippen molar-refractivity contribution in [2.75, 3.05) is 12.4 Å². The molecule has 3 rings (SSSR count). The smallest absolute Gasteiger partial charge is 0.411 e. The van der Waals surface area contributed by atoms with E-state index in [9.17, 15) is 19.1 Å². The molecule has 142 valence electrons. The number of carbonyl (C=O) groups excluding carboxylic acids is 2. The second-order valence-corrected chi connectivity index (χ2v) is 7.07. The van der Waals surface area contributed by atoms with Crippen molar-refractivity contribution in [3.05, 3.63) is 29.6 Å². The number of benzene rings is 1. The number of amides is 2. The predicted molar refractivity (Wildman–Crippen MR) is 93.8 cm³/mol. The zero-order chi connectivity index (χ0) is 18.7. The number of methoxy groups -OCH3 is 1. The summed E-state index contributed by atoms with van der Waals surface area (Å²) in [6.45, 7) is 0. The molecule has 2 amide bonds. The Bertz CT molecular complexity index is 678. The standard InChI is InChI=1S/C19H25FN2O4/c1-26-19(25)21-15-11-13(8-9-14(15)20)16(10-7-12-5-6-12)22-17(23)3-2-4-18(22)24/h8-9,11-12,16-17,23H,2-7,10H2,1H3,(H,21,25). The molecule has 0 radical (unpaired) electrons. The molecule has 0 bridgehead atoms. The van der Waals surface area contributed by atoms with Crippen molar-refractivity contribution in [1.82, 2.24) is 4.90 Å². The number of carbonyl (C=O) groups is 2. The van der Waals surface area contributed by atoms with Gasteiger partial charge in [-0.3, -0.25) is 10.1 Å². The van der Waals surface area contributed by atoms with E-state index >= 15 is 0 Å². The fraction of sp³-hybridized carbons (Fsp3) is 0.579. The van der Waals surface area contributed by atoms with E-state index in [-0.39, 0.29) is 17.6 Å². The van der Waals surface area contributed by atoms with Crippen LogP contribution < -0.4 is 5.32 Å². The van der Waals surface area contributed by atoms with Crippen LogP contribution in [0.2, 0.25) is 0 Å². The van der Waals surface area contributed by atoms with Gasteiger partial charge in [0.15, 0.2) is 0 Å². The Morgan fingerprint density at radius 3 is 2.85 bits per heavy atom. The van der Waals surface area contributed by atoms with Gasteiger partial charge in [-0.2, -0.15) is 0 Å². The summed E-state index contributed by atoms with van der Waals surface area (Å²) in [5.41, 5.74) is 0.706. The topological polar surface area (TPSA) is 78.9 Å². The molecule has 2 atom stereocenters. The summed E-state index contributed by atoms with van der Waals surface area (Å²) in [5.74, 6) is 0.00427. The predicted octanol–water partition coefficient (Wildman–Crippen LogP) is 3.57. The van der Waals surface area contributed by atoms with Crippen LogP contribution >= 0.6 is 0 Å². The molecule has 2 N–H and O–H groups in total. The molecular formula is C19H25FN2O4. The maximum absolute atomic E-state index is 14.0. The summed E-state index contributed by atoms with van der Waals surface area (Å²) >= 11 is 0. The lowest BCUT2D eigenvalue weighted by molar-refractivity contribution is -0.152. The highest BCUT2D eigenvalue weighted by molar-refractivity contribution is 5.84. The van der Waals surface area contributed by atoms with Gasteiger partial charge in [0, 0.05) is 6.42 Å². The molecule has 7 heteroatoms. The third-order valence-corrected chi connectivity index (χ3v) is 5.14. The van der Waals surface area contributed by atoms with Crippen LogP contribution in [0.3, 0.4) is 0 Å². The zero-order valence-electron chi connectivity index (χ0n) is 14.9. The van der Waals surface area contributed by atoms with Crippen molar-refractivity contribution in [3.63, 3.8) is 0 Å². The van der Waals surface area contributed by atoms with Crippen molar-refractivity contribution in [2.45, 2.75) is 57.2 Å². The molecule has 1 aliphatic heterocycles. The summed E-state index contributed by atoms with van der Waals surface area (Å²) in [5, 5.41) is 12.8. The van der Waals surface area contributed by atoms with Crippen LogP contribution in [-0.4, -0.2) is 35.3 Å². The highest BCUT2D eigenvalue weighted by Crippen LogP contribution is 2.39. The average molecular weight is 364 g/mol. The number of ether oxygens (including phenoxy) is 1. The summed E-state index contributed by atoms with van der Waals surface area (Å²) in [6.07, 6.45) is 4.08. The Hall–Kier alpha value is -2.15. The number of aliphatic hydroxyl groups is 1. The Morgan fingerprint density at radius 2 is 2.19 bits per heavy atom. The molecule has 2 unspecified atom stereocenters. The molecule has 1 saturated carbocycles. The number of anilines is 1. The maximum Gasteiger partial charge on any atom is 0.411 e. The third-order valence-electron chi connectivity index (χ3n) is 5.14. The molecule has 1 saturated heterocycles. The van der Waals surface area contributed by atoms with Crippen molar-refractivity contribution in [2.24, 2.45) is 5.92 Å². The Kier molecular flexibility index (Phi) is 5.76. The SMILES string of the molecule is COC(=O)Nc1cc(C(CCC2CC2)N2C(=O)CCCC2O)ccc1F. The number of likely N-dealkylation sites (tertiary alicyclic amines) is 1. The van der Waals surface area contributed by atoms with Gasteiger partial charge in [-0.15, -0.1) is 0 Å². The van der Waals surface area contributed by atoms with Crippen LogP contribution in [0.4, 0.5) is 14.9 Å². The van der Waals surface area contributed by atoms with E-state index < -0.39 is 18.1 Å². The number of nitrogens with one attached hydrogen (secondary N) is 1. The van der Waals surface area contributed by atoms with Crippen molar-refractivity contribution in [3.8, 4) is 0 Å². The first-order valence-electron chi connectivity index (χ1n) is 9.13. The van der Waals surface area contributed by atoms with Gasteiger partial charge in [0.2, 0.25) is 5.91 Å². The number of piperidine rings is 1.